The van der Waals surface area contributed by atoms with Crippen molar-refractivity contribution < 1.29 is 14.7 Å². The van der Waals surface area contributed by atoms with Crippen molar-refractivity contribution in [1.29, 1.82) is 0 Å². The van der Waals surface area contributed by atoms with E-state index in [1.54, 1.807) is 0 Å². The van der Waals surface area contributed by atoms with Crippen LogP contribution in [-0.2, 0) is 4.79 Å². The summed E-state index contributed by atoms with van der Waals surface area (Å²) in [6.45, 7) is 1.97. The predicted molar refractivity (Wildman–Crippen MR) is 79.0 cm³/mol. The van der Waals surface area contributed by atoms with Crippen molar-refractivity contribution in [3.05, 3.63) is 22.7 Å². The number of anilines is 2. The molecule has 0 bridgehead atoms. The van der Waals surface area contributed by atoms with Crippen LogP contribution in [0.15, 0.2) is 12.1 Å². The van der Waals surface area contributed by atoms with Crippen LogP contribution in [0.25, 0.3) is 0 Å². The summed E-state index contributed by atoms with van der Waals surface area (Å²) >= 11 is 5.82. The molecule has 6 N–H and O–H groups in total. The molecular formula is C13H18ClN3O3. The molecule has 1 atom stereocenters. The Hall–Kier alpha value is -1.79. The molecule has 1 unspecified atom stereocenters. The largest absolute Gasteiger partial charge is 0.478 e. The molecule has 0 aliphatic heterocycles. The molecule has 0 heterocycles. The molecule has 0 aliphatic carbocycles. The van der Waals surface area contributed by atoms with Gasteiger partial charge in [0.25, 0.3) is 0 Å². The fraction of sp³-hybridized carbons (Fsp3) is 0.385. The highest BCUT2D eigenvalue weighted by Gasteiger charge is 2.18. The van der Waals surface area contributed by atoms with E-state index in [4.69, 9.17) is 28.2 Å². The number of carboxylic acid groups (broad SMARTS) is 1. The summed E-state index contributed by atoms with van der Waals surface area (Å²) in [7, 11) is 0. The first-order chi connectivity index (χ1) is 9.35. The number of halogens is 1. The van der Waals surface area contributed by atoms with Crippen molar-refractivity contribution in [2.24, 2.45) is 5.73 Å². The number of carbonyl (C=O) groups is 2. The van der Waals surface area contributed by atoms with E-state index in [9.17, 15) is 9.59 Å². The molecule has 0 aromatic heterocycles. The quantitative estimate of drug-likeness (QED) is 0.600. The minimum absolute atomic E-state index is 0.00171. The number of benzene rings is 1. The third-order valence-electron chi connectivity index (χ3n) is 2.73. The monoisotopic (exact) mass is 299 g/mol. The Morgan fingerprint density at radius 3 is 2.65 bits per heavy atom. The predicted octanol–water partition coefficient (Wildman–Crippen LogP) is 2.08. The SMILES string of the molecule is CCCC(N)CC(=O)Nc1cc(Cl)cc(N)c1C(=O)O. The molecule has 7 heteroatoms. The summed E-state index contributed by atoms with van der Waals surface area (Å²) < 4.78 is 0. The molecular weight excluding hydrogens is 282 g/mol. The second kappa shape index (κ2) is 7.12. The van der Waals surface area contributed by atoms with Gasteiger partial charge in [0.05, 0.1) is 5.69 Å². The van der Waals surface area contributed by atoms with E-state index in [-0.39, 0.29) is 40.3 Å². The maximum Gasteiger partial charge on any atom is 0.339 e. The van der Waals surface area contributed by atoms with Crippen molar-refractivity contribution in [3.63, 3.8) is 0 Å². The van der Waals surface area contributed by atoms with Crippen molar-refractivity contribution in [1.82, 2.24) is 0 Å². The molecule has 0 spiro atoms. The maximum absolute atomic E-state index is 11.8. The molecule has 110 valence electrons. The number of hydrogen-bond acceptors (Lipinski definition) is 4. The van der Waals surface area contributed by atoms with Gasteiger partial charge in [0.1, 0.15) is 5.56 Å². The Morgan fingerprint density at radius 1 is 1.45 bits per heavy atom. The van der Waals surface area contributed by atoms with Gasteiger partial charge in [0.15, 0.2) is 0 Å². The number of rotatable bonds is 6. The molecule has 0 aliphatic rings. The van der Waals surface area contributed by atoms with Crippen LogP contribution in [0.3, 0.4) is 0 Å². The van der Waals surface area contributed by atoms with Crippen LogP contribution in [0.5, 0.6) is 0 Å². The van der Waals surface area contributed by atoms with Crippen molar-refractivity contribution >= 4 is 34.9 Å². The first-order valence-corrected chi connectivity index (χ1v) is 6.60. The summed E-state index contributed by atoms with van der Waals surface area (Å²) in [5, 5.41) is 11.9. The average molecular weight is 300 g/mol. The lowest BCUT2D eigenvalue weighted by atomic mass is 10.1. The molecule has 20 heavy (non-hydrogen) atoms. The van der Waals surface area contributed by atoms with Crippen molar-refractivity contribution in [2.75, 3.05) is 11.1 Å². The van der Waals surface area contributed by atoms with E-state index < -0.39 is 5.97 Å². The second-order valence-corrected chi connectivity index (χ2v) is 4.96. The number of carboxylic acids is 1. The Balaban J connectivity index is 2.91. The summed E-state index contributed by atoms with van der Waals surface area (Å²) in [5.74, 6) is -1.59. The number of hydrogen-bond donors (Lipinski definition) is 4. The van der Waals surface area contributed by atoms with Crippen LogP contribution in [0.2, 0.25) is 5.02 Å². The molecule has 1 aromatic rings. The maximum atomic E-state index is 11.8. The van der Waals surface area contributed by atoms with Gasteiger partial charge in [-0.3, -0.25) is 4.79 Å². The number of aromatic carboxylic acids is 1. The Labute approximate surface area is 122 Å². The first kappa shape index (κ1) is 16.3. The molecule has 0 saturated heterocycles. The summed E-state index contributed by atoms with van der Waals surface area (Å²) in [6.07, 6.45) is 1.70. The molecule has 1 rings (SSSR count). The van der Waals surface area contributed by atoms with Crippen molar-refractivity contribution in [2.45, 2.75) is 32.2 Å². The van der Waals surface area contributed by atoms with Crippen LogP contribution in [0.1, 0.15) is 36.5 Å². The van der Waals surface area contributed by atoms with Gasteiger partial charge in [0.2, 0.25) is 5.91 Å². The Kier molecular flexibility index (Phi) is 5.79. The highest BCUT2D eigenvalue weighted by atomic mass is 35.5. The average Bonchev–Trinajstić information content (AvgIpc) is 2.26. The molecule has 1 amide bonds. The van der Waals surface area contributed by atoms with Gasteiger partial charge in [-0.15, -0.1) is 0 Å². The van der Waals surface area contributed by atoms with Crippen LogP contribution < -0.4 is 16.8 Å². The zero-order valence-corrected chi connectivity index (χ0v) is 11.9. The third kappa shape index (κ3) is 4.40. The molecule has 1 aromatic carbocycles. The van der Waals surface area contributed by atoms with Gasteiger partial charge in [-0.05, 0) is 18.6 Å². The lowest BCUT2D eigenvalue weighted by Crippen LogP contribution is -2.27. The topological polar surface area (TPSA) is 118 Å². The van der Waals surface area contributed by atoms with Gasteiger partial charge >= 0.3 is 5.97 Å². The van der Waals surface area contributed by atoms with Crippen LogP contribution in [0, 0.1) is 0 Å². The lowest BCUT2D eigenvalue weighted by molar-refractivity contribution is -0.116. The third-order valence-corrected chi connectivity index (χ3v) is 2.95. The molecule has 0 radical (unpaired) electrons. The van der Waals surface area contributed by atoms with Gasteiger partial charge < -0.3 is 21.9 Å². The number of carbonyl (C=O) groups excluding carboxylic acids is 1. The van der Waals surface area contributed by atoms with E-state index in [2.05, 4.69) is 5.32 Å². The Bertz CT molecular complexity index is 520. The highest BCUT2D eigenvalue weighted by molar-refractivity contribution is 6.31. The number of amides is 1. The highest BCUT2D eigenvalue weighted by Crippen LogP contribution is 2.27. The number of nitrogens with one attached hydrogen (secondary N) is 1. The summed E-state index contributed by atoms with van der Waals surface area (Å²) in [5.41, 5.74) is 11.3. The standard InChI is InChI=1S/C13H18ClN3O3/c1-2-3-8(15)6-11(18)17-10-5-7(14)4-9(16)12(10)13(19)20/h4-5,8H,2-3,6,15-16H2,1H3,(H,17,18)(H,19,20). The second-order valence-electron chi connectivity index (χ2n) is 4.52. The molecule has 0 saturated carbocycles. The smallest absolute Gasteiger partial charge is 0.339 e. The van der Waals surface area contributed by atoms with Crippen LogP contribution in [-0.4, -0.2) is 23.0 Å². The molecule has 6 nitrogen and oxygen atoms in total. The zero-order valence-electron chi connectivity index (χ0n) is 11.1. The van der Waals surface area contributed by atoms with Crippen molar-refractivity contribution in [3.8, 4) is 0 Å². The summed E-state index contributed by atoms with van der Waals surface area (Å²) in [6, 6.07) is 2.42. The summed E-state index contributed by atoms with van der Waals surface area (Å²) in [4.78, 5) is 23.0. The van der Waals surface area contributed by atoms with Crippen LogP contribution in [0.4, 0.5) is 11.4 Å². The van der Waals surface area contributed by atoms with Gasteiger partial charge in [-0.1, -0.05) is 24.9 Å². The van der Waals surface area contributed by atoms with E-state index in [0.717, 1.165) is 12.8 Å². The van der Waals surface area contributed by atoms with E-state index in [1.165, 1.54) is 12.1 Å². The van der Waals surface area contributed by atoms with E-state index in [1.807, 2.05) is 6.92 Å². The molecule has 0 fully saturated rings. The van der Waals surface area contributed by atoms with E-state index >= 15 is 0 Å². The number of nitrogens with two attached hydrogens (primary N) is 2. The van der Waals surface area contributed by atoms with Crippen LogP contribution >= 0.6 is 11.6 Å². The normalized spacial score (nSPS) is 11.9. The number of nitrogen functional groups attached to an aromatic ring is 1. The first-order valence-electron chi connectivity index (χ1n) is 6.22. The van der Waals surface area contributed by atoms with Gasteiger partial charge in [0, 0.05) is 23.2 Å². The van der Waals surface area contributed by atoms with Gasteiger partial charge in [-0.25, -0.2) is 4.79 Å². The van der Waals surface area contributed by atoms with Gasteiger partial charge in [-0.2, -0.15) is 0 Å². The Morgan fingerprint density at radius 2 is 2.10 bits per heavy atom. The fourth-order valence-corrected chi connectivity index (χ4v) is 2.10. The minimum Gasteiger partial charge on any atom is -0.478 e. The lowest BCUT2D eigenvalue weighted by Gasteiger charge is -2.13. The fourth-order valence-electron chi connectivity index (χ4n) is 1.88. The van der Waals surface area contributed by atoms with E-state index in [0.29, 0.717) is 0 Å². The zero-order chi connectivity index (χ0) is 15.3. The minimum atomic E-state index is -1.23.